The van der Waals surface area contributed by atoms with Gasteiger partial charge < -0.3 is 20.0 Å². The summed E-state index contributed by atoms with van der Waals surface area (Å²) in [5.74, 6) is 0.654. The molecule has 0 bridgehead atoms. The van der Waals surface area contributed by atoms with Gasteiger partial charge in [0.25, 0.3) is 5.69 Å². The highest BCUT2D eigenvalue weighted by atomic mass is 16.7. The number of amidine groups is 1. The van der Waals surface area contributed by atoms with E-state index in [1.54, 1.807) is 30.3 Å². The molecule has 0 saturated heterocycles. The molecule has 3 rings (SSSR count). The molecule has 0 saturated carbocycles. The van der Waals surface area contributed by atoms with Gasteiger partial charge in [-0.25, -0.2) is 4.79 Å². The first-order chi connectivity index (χ1) is 15.5. The van der Waals surface area contributed by atoms with E-state index in [1.807, 2.05) is 25.1 Å². The number of non-ortho nitro benzene ring substituents is 1. The maximum Gasteiger partial charge on any atom is 0.365 e. The van der Waals surface area contributed by atoms with Crippen molar-refractivity contribution in [3.05, 3.63) is 99.6 Å². The fraction of sp³-hybridized carbons (Fsp3) is 0.130. The number of benzene rings is 3. The summed E-state index contributed by atoms with van der Waals surface area (Å²) in [6, 6.07) is 19.4. The summed E-state index contributed by atoms with van der Waals surface area (Å²) < 4.78 is 11.1. The lowest BCUT2D eigenvalue weighted by molar-refractivity contribution is -0.384. The quantitative estimate of drug-likeness (QED) is 0.177. The van der Waals surface area contributed by atoms with Crippen molar-refractivity contribution in [1.82, 2.24) is 0 Å². The van der Waals surface area contributed by atoms with Crippen LogP contribution >= 0.6 is 0 Å². The molecule has 0 aliphatic heterocycles. The fourth-order valence-corrected chi connectivity index (χ4v) is 2.70. The monoisotopic (exact) mass is 435 g/mol. The van der Waals surface area contributed by atoms with Crippen LogP contribution in [-0.2, 0) is 11.4 Å². The van der Waals surface area contributed by atoms with Crippen molar-refractivity contribution in [2.24, 2.45) is 10.9 Å². The number of hydrogen-bond acceptors (Lipinski definition) is 7. The zero-order valence-electron chi connectivity index (χ0n) is 17.3. The number of nitro groups is 1. The van der Waals surface area contributed by atoms with Crippen LogP contribution in [0, 0.1) is 10.1 Å². The lowest BCUT2D eigenvalue weighted by atomic mass is 10.1. The van der Waals surface area contributed by atoms with E-state index in [2.05, 4.69) is 5.16 Å². The molecule has 0 fully saturated rings. The van der Waals surface area contributed by atoms with Gasteiger partial charge in [0.2, 0.25) is 0 Å². The molecule has 0 aliphatic rings. The number of nitrogens with two attached hydrogens (primary N) is 1. The van der Waals surface area contributed by atoms with Crippen molar-refractivity contribution in [1.29, 1.82) is 0 Å². The summed E-state index contributed by atoms with van der Waals surface area (Å²) in [6.45, 7) is 2.76. The van der Waals surface area contributed by atoms with Gasteiger partial charge in [-0.1, -0.05) is 17.3 Å². The lowest BCUT2D eigenvalue weighted by Crippen LogP contribution is -2.15. The van der Waals surface area contributed by atoms with Gasteiger partial charge in [-0.05, 0) is 61.0 Å². The van der Waals surface area contributed by atoms with E-state index >= 15 is 0 Å². The van der Waals surface area contributed by atoms with Crippen LogP contribution < -0.4 is 15.2 Å². The molecule has 0 unspecified atom stereocenters. The van der Waals surface area contributed by atoms with E-state index < -0.39 is 10.9 Å². The Morgan fingerprint density at radius 2 is 1.62 bits per heavy atom. The van der Waals surface area contributed by atoms with Crippen LogP contribution in [0.5, 0.6) is 11.5 Å². The molecule has 3 aromatic rings. The van der Waals surface area contributed by atoms with Gasteiger partial charge in [0.1, 0.15) is 18.1 Å². The minimum absolute atomic E-state index is 0.0803. The minimum atomic E-state index is -0.697. The molecule has 0 aliphatic carbocycles. The number of nitrogens with zero attached hydrogens (tertiary/aromatic N) is 2. The standard InChI is InChI=1S/C23H21N3O6/c1-2-30-20-10-12-21(13-11-20)31-15-16-4-3-5-18(14-16)23(27)32-25-22(24)17-6-8-19(9-7-17)26(28)29/h3-14H,2,15H2,1H3,(H2,24,25). The molecule has 9 heteroatoms. The zero-order valence-corrected chi connectivity index (χ0v) is 17.3. The number of rotatable bonds is 9. The van der Waals surface area contributed by atoms with Crippen molar-refractivity contribution in [2.75, 3.05) is 6.61 Å². The van der Waals surface area contributed by atoms with E-state index in [4.69, 9.17) is 20.0 Å². The highest BCUT2D eigenvalue weighted by Crippen LogP contribution is 2.19. The average Bonchev–Trinajstić information content (AvgIpc) is 2.82. The van der Waals surface area contributed by atoms with Crippen LogP contribution in [0.4, 0.5) is 5.69 Å². The summed E-state index contributed by atoms with van der Waals surface area (Å²) in [7, 11) is 0. The smallest absolute Gasteiger partial charge is 0.365 e. The number of carbonyl (C=O) groups excluding carboxylic acids is 1. The Balaban J connectivity index is 1.59. The molecule has 0 heterocycles. The molecule has 0 spiro atoms. The van der Waals surface area contributed by atoms with Crippen LogP contribution in [0.1, 0.15) is 28.4 Å². The molecule has 2 N–H and O–H groups in total. The second kappa shape index (κ2) is 10.6. The number of hydrogen-bond donors (Lipinski definition) is 1. The summed E-state index contributed by atoms with van der Waals surface area (Å²) in [5.41, 5.74) is 7.14. The van der Waals surface area contributed by atoms with E-state index in [0.717, 1.165) is 11.3 Å². The third kappa shape index (κ3) is 6.05. The van der Waals surface area contributed by atoms with Crippen molar-refractivity contribution in [3.8, 4) is 11.5 Å². The van der Waals surface area contributed by atoms with E-state index in [0.29, 0.717) is 17.9 Å². The van der Waals surface area contributed by atoms with Gasteiger partial charge in [0.15, 0.2) is 5.84 Å². The van der Waals surface area contributed by atoms with Gasteiger partial charge in [0.05, 0.1) is 17.1 Å². The Morgan fingerprint density at radius 3 is 2.25 bits per heavy atom. The highest BCUT2D eigenvalue weighted by Gasteiger charge is 2.11. The fourth-order valence-electron chi connectivity index (χ4n) is 2.70. The second-order valence-electron chi connectivity index (χ2n) is 6.55. The molecule has 3 aromatic carbocycles. The van der Waals surface area contributed by atoms with E-state index in [-0.39, 0.29) is 23.7 Å². The highest BCUT2D eigenvalue weighted by molar-refractivity contribution is 5.98. The Hall–Kier alpha value is -4.40. The predicted octanol–water partition coefficient (Wildman–Crippen LogP) is 4.05. The molecule has 0 radical (unpaired) electrons. The Morgan fingerprint density at radius 1 is 0.969 bits per heavy atom. The zero-order chi connectivity index (χ0) is 22.9. The van der Waals surface area contributed by atoms with Crippen molar-refractivity contribution >= 4 is 17.5 Å². The van der Waals surface area contributed by atoms with E-state index in [1.165, 1.54) is 24.3 Å². The molecule has 164 valence electrons. The minimum Gasteiger partial charge on any atom is -0.494 e. The largest absolute Gasteiger partial charge is 0.494 e. The van der Waals surface area contributed by atoms with Gasteiger partial charge in [-0.15, -0.1) is 0 Å². The molecular formula is C23H21N3O6. The lowest BCUT2D eigenvalue weighted by Gasteiger charge is -2.08. The first-order valence-corrected chi connectivity index (χ1v) is 9.70. The molecule has 9 nitrogen and oxygen atoms in total. The number of oxime groups is 1. The summed E-state index contributed by atoms with van der Waals surface area (Å²) in [5, 5.41) is 14.3. The normalized spacial score (nSPS) is 11.0. The number of carbonyl (C=O) groups is 1. The summed E-state index contributed by atoms with van der Waals surface area (Å²) in [6.07, 6.45) is 0. The summed E-state index contributed by atoms with van der Waals surface area (Å²) >= 11 is 0. The molecular weight excluding hydrogens is 414 g/mol. The van der Waals surface area contributed by atoms with Crippen LogP contribution in [0.25, 0.3) is 0 Å². The van der Waals surface area contributed by atoms with Gasteiger partial charge in [-0.2, -0.15) is 0 Å². The van der Waals surface area contributed by atoms with Crippen LogP contribution in [-0.4, -0.2) is 23.3 Å². The van der Waals surface area contributed by atoms with Crippen LogP contribution in [0.15, 0.2) is 78.0 Å². The predicted molar refractivity (Wildman–Crippen MR) is 118 cm³/mol. The second-order valence-corrected chi connectivity index (χ2v) is 6.55. The Labute approximate surface area is 184 Å². The first-order valence-electron chi connectivity index (χ1n) is 9.70. The van der Waals surface area contributed by atoms with Gasteiger partial charge >= 0.3 is 5.97 Å². The van der Waals surface area contributed by atoms with Crippen molar-refractivity contribution < 1.29 is 24.0 Å². The molecule has 0 aromatic heterocycles. The van der Waals surface area contributed by atoms with E-state index in [9.17, 15) is 14.9 Å². The summed E-state index contributed by atoms with van der Waals surface area (Å²) in [4.78, 5) is 27.4. The Kier molecular flexibility index (Phi) is 7.37. The topological polar surface area (TPSA) is 126 Å². The third-order valence-corrected chi connectivity index (χ3v) is 4.30. The van der Waals surface area contributed by atoms with Crippen LogP contribution in [0.2, 0.25) is 0 Å². The van der Waals surface area contributed by atoms with Gasteiger partial charge in [0, 0.05) is 17.7 Å². The maximum absolute atomic E-state index is 12.3. The third-order valence-electron chi connectivity index (χ3n) is 4.30. The molecule has 32 heavy (non-hydrogen) atoms. The van der Waals surface area contributed by atoms with Crippen LogP contribution in [0.3, 0.4) is 0 Å². The van der Waals surface area contributed by atoms with Crippen molar-refractivity contribution in [3.63, 3.8) is 0 Å². The molecule has 0 atom stereocenters. The first kappa shape index (κ1) is 22.3. The van der Waals surface area contributed by atoms with Crippen molar-refractivity contribution in [2.45, 2.75) is 13.5 Å². The average molecular weight is 435 g/mol. The number of nitro benzene ring substituents is 1. The van der Waals surface area contributed by atoms with Gasteiger partial charge in [-0.3, -0.25) is 10.1 Å². The maximum atomic E-state index is 12.3. The number of ether oxygens (including phenoxy) is 2. The SMILES string of the molecule is CCOc1ccc(OCc2cccc(C(=O)O/N=C(\N)c3ccc([N+](=O)[O-])cc3)c2)cc1. The molecule has 0 amide bonds. The Bertz CT molecular complexity index is 1110.